The van der Waals surface area contributed by atoms with E-state index < -0.39 is 12.2 Å². The first kappa shape index (κ1) is 27.7. The molecule has 2 saturated heterocycles. The van der Waals surface area contributed by atoms with Crippen molar-refractivity contribution in [2.45, 2.75) is 70.0 Å². The van der Waals surface area contributed by atoms with E-state index in [1.807, 2.05) is 41.3 Å². The van der Waals surface area contributed by atoms with Gasteiger partial charge in [-0.2, -0.15) is 0 Å². The van der Waals surface area contributed by atoms with Crippen molar-refractivity contribution < 1.29 is 23.8 Å². The van der Waals surface area contributed by atoms with Crippen LogP contribution in [0.3, 0.4) is 0 Å². The van der Waals surface area contributed by atoms with Gasteiger partial charge >= 0.3 is 0 Å². The predicted octanol–water partition coefficient (Wildman–Crippen LogP) is 4.69. The van der Waals surface area contributed by atoms with Crippen molar-refractivity contribution in [1.82, 2.24) is 9.80 Å². The quantitative estimate of drug-likeness (QED) is 0.450. The third-order valence-electron chi connectivity index (χ3n) is 8.67. The Labute approximate surface area is 240 Å². The maximum atomic E-state index is 13.7. The Kier molecular flexibility index (Phi) is 8.51. The molecule has 0 radical (unpaired) electrons. The second kappa shape index (κ2) is 12.6. The first-order valence-corrected chi connectivity index (χ1v) is 14.8. The zero-order chi connectivity index (χ0) is 28.2. The Hall–Kier alpha value is -3.46. The molecule has 0 bridgehead atoms. The minimum atomic E-state index is -0.710. The lowest BCUT2D eigenvalue weighted by molar-refractivity contribution is -0.157. The fourth-order valence-electron chi connectivity index (χ4n) is 6.28. The molecule has 2 atom stereocenters. The first-order valence-electron chi connectivity index (χ1n) is 14.8. The summed E-state index contributed by atoms with van der Waals surface area (Å²) in [4.78, 5) is 31.7. The van der Waals surface area contributed by atoms with Crippen molar-refractivity contribution in [3.63, 3.8) is 0 Å². The number of benzene rings is 2. The lowest BCUT2D eigenvalue weighted by Crippen LogP contribution is -2.49. The summed E-state index contributed by atoms with van der Waals surface area (Å²) in [5, 5.41) is 9.84. The summed E-state index contributed by atoms with van der Waals surface area (Å²) in [6.07, 6.45) is 8.70. The Morgan fingerprint density at radius 1 is 0.951 bits per heavy atom. The average Bonchev–Trinajstić information content (AvgIpc) is 3.04. The van der Waals surface area contributed by atoms with Gasteiger partial charge in [-0.05, 0) is 68.1 Å². The summed E-state index contributed by atoms with van der Waals surface area (Å²) in [6, 6.07) is 15.2. The third-order valence-corrected chi connectivity index (χ3v) is 8.67. The van der Waals surface area contributed by atoms with Crippen LogP contribution in [0, 0.1) is 0 Å². The largest absolute Gasteiger partial charge is 0.464 e. The van der Waals surface area contributed by atoms with Gasteiger partial charge in [0.25, 0.3) is 5.91 Å². The molecule has 0 aliphatic carbocycles. The maximum absolute atomic E-state index is 13.7. The number of piperidine rings is 2. The molecule has 0 saturated carbocycles. The van der Waals surface area contributed by atoms with Crippen LogP contribution in [0.2, 0.25) is 0 Å². The van der Waals surface area contributed by atoms with Gasteiger partial charge in [0.05, 0.1) is 24.9 Å². The van der Waals surface area contributed by atoms with Gasteiger partial charge < -0.3 is 28.8 Å². The van der Waals surface area contributed by atoms with Gasteiger partial charge in [0.15, 0.2) is 11.2 Å². The van der Waals surface area contributed by atoms with Crippen molar-refractivity contribution >= 4 is 16.9 Å². The van der Waals surface area contributed by atoms with Crippen LogP contribution >= 0.6 is 0 Å². The first-order chi connectivity index (χ1) is 20.1. The fourth-order valence-corrected chi connectivity index (χ4v) is 6.28. The lowest BCUT2D eigenvalue weighted by atomic mass is 9.93. The van der Waals surface area contributed by atoms with E-state index >= 15 is 0 Å². The van der Waals surface area contributed by atoms with Gasteiger partial charge in [-0.3, -0.25) is 9.59 Å². The summed E-state index contributed by atoms with van der Waals surface area (Å²) in [6.45, 7) is 3.94. The van der Waals surface area contributed by atoms with Crippen molar-refractivity contribution in [2.24, 2.45) is 0 Å². The molecule has 2 fully saturated rings. The second-order valence-electron chi connectivity index (χ2n) is 11.3. The van der Waals surface area contributed by atoms with Gasteiger partial charge in [0.2, 0.25) is 6.29 Å². The zero-order valence-electron chi connectivity index (χ0n) is 23.4. The number of amides is 1. The van der Waals surface area contributed by atoms with Crippen LogP contribution in [0.25, 0.3) is 11.0 Å². The van der Waals surface area contributed by atoms with Gasteiger partial charge in [-0.1, -0.05) is 42.8 Å². The van der Waals surface area contributed by atoms with E-state index in [1.165, 1.54) is 25.5 Å². The zero-order valence-corrected chi connectivity index (χ0v) is 23.4. The van der Waals surface area contributed by atoms with Crippen LogP contribution in [0.5, 0.6) is 0 Å². The summed E-state index contributed by atoms with van der Waals surface area (Å²) in [5.41, 5.74) is 2.66. The molecule has 3 aliphatic rings. The highest BCUT2D eigenvalue weighted by Crippen LogP contribution is 2.33. The van der Waals surface area contributed by atoms with Crippen molar-refractivity contribution in [3.05, 3.63) is 93.5 Å². The van der Waals surface area contributed by atoms with Crippen LogP contribution in [0.1, 0.15) is 61.1 Å². The number of hydrogen-bond acceptors (Lipinski definition) is 7. The Morgan fingerprint density at radius 3 is 2.44 bits per heavy atom. The number of para-hydroxylation sites is 1. The van der Waals surface area contributed by atoms with Crippen LogP contribution < -0.4 is 5.43 Å². The molecule has 0 unspecified atom stereocenters. The van der Waals surface area contributed by atoms with E-state index in [0.717, 1.165) is 37.1 Å². The van der Waals surface area contributed by atoms with E-state index in [9.17, 15) is 14.7 Å². The fraction of sp³-hybridized carbons (Fsp3) is 0.455. The average molecular weight is 559 g/mol. The smallest absolute Gasteiger partial charge is 0.288 e. The predicted molar refractivity (Wildman–Crippen MR) is 155 cm³/mol. The van der Waals surface area contributed by atoms with Crippen LogP contribution in [-0.4, -0.2) is 59.3 Å². The lowest BCUT2D eigenvalue weighted by Gasteiger charge is -2.40. The van der Waals surface area contributed by atoms with Crippen LogP contribution in [-0.2, 0) is 27.5 Å². The molecule has 8 nitrogen and oxygen atoms in total. The van der Waals surface area contributed by atoms with Gasteiger partial charge in [0.1, 0.15) is 5.58 Å². The van der Waals surface area contributed by atoms with E-state index in [1.54, 1.807) is 18.2 Å². The highest BCUT2D eigenvalue weighted by Gasteiger charge is 2.34. The maximum Gasteiger partial charge on any atom is 0.288 e. The summed E-state index contributed by atoms with van der Waals surface area (Å²) < 4.78 is 18.1. The van der Waals surface area contributed by atoms with E-state index in [2.05, 4.69) is 4.90 Å². The Bertz CT molecular complexity index is 1430. The minimum Gasteiger partial charge on any atom is -0.464 e. The minimum absolute atomic E-state index is 0.0194. The molecule has 1 amide bonds. The number of rotatable bonds is 7. The standard InChI is InChI=1S/C33H38N2O6/c36-20-23-8-10-24(11-9-23)21-40-31-19-25(28-22-39-29-7-3-2-6-27(29)32(28)37)18-30(41-31)33(38)35-16-12-26(13-17-35)34-14-4-1-5-15-34/h2-3,6-11,18,22,25-26,31,36H,1,4-5,12-17,19-21H2/t25-,31+/m1/s1. The van der Waals surface area contributed by atoms with E-state index in [-0.39, 0.29) is 30.3 Å². The number of likely N-dealkylation sites (tertiary alicyclic amines) is 2. The number of nitrogens with zero attached hydrogens (tertiary/aromatic N) is 2. The SMILES string of the molecule is O=C(C1=C[C@@H](c2coc3ccccc3c2=O)C[C@@H](OCc2ccc(CO)cc2)O1)N1CCC(N2CCCCC2)CC1. The molecule has 216 valence electrons. The number of carbonyl (C=O) groups is 1. The van der Waals surface area contributed by atoms with Crippen molar-refractivity contribution in [3.8, 4) is 0 Å². The molecule has 3 aromatic rings. The number of fused-ring (bicyclic) bond motifs is 1. The third kappa shape index (κ3) is 6.25. The van der Waals surface area contributed by atoms with Gasteiger partial charge in [-0.15, -0.1) is 0 Å². The van der Waals surface area contributed by atoms with E-state index in [4.69, 9.17) is 13.9 Å². The molecule has 3 aliphatic heterocycles. The van der Waals surface area contributed by atoms with Crippen LogP contribution in [0.4, 0.5) is 0 Å². The molecule has 4 heterocycles. The van der Waals surface area contributed by atoms with Crippen molar-refractivity contribution in [1.29, 1.82) is 0 Å². The normalized spacial score (nSPS) is 22.4. The Morgan fingerprint density at radius 2 is 1.68 bits per heavy atom. The Balaban J connectivity index is 1.21. The molecular formula is C33H38N2O6. The number of carbonyl (C=O) groups excluding carboxylic acids is 1. The molecular weight excluding hydrogens is 520 g/mol. The number of hydrogen-bond donors (Lipinski definition) is 1. The van der Waals surface area contributed by atoms with Gasteiger partial charge in [-0.25, -0.2) is 0 Å². The summed E-state index contributed by atoms with van der Waals surface area (Å²) >= 11 is 0. The molecule has 6 rings (SSSR count). The van der Waals surface area contributed by atoms with E-state index in [0.29, 0.717) is 42.1 Å². The number of aliphatic hydroxyl groups is 1. The van der Waals surface area contributed by atoms with Gasteiger partial charge in [0, 0.05) is 37.0 Å². The second-order valence-corrected chi connectivity index (χ2v) is 11.3. The molecule has 8 heteroatoms. The topological polar surface area (TPSA) is 92.5 Å². The molecule has 1 N–H and O–H groups in total. The molecule has 1 aromatic heterocycles. The molecule has 0 spiro atoms. The highest BCUT2D eigenvalue weighted by molar-refractivity contribution is 5.92. The van der Waals surface area contributed by atoms with Crippen molar-refractivity contribution in [2.75, 3.05) is 26.2 Å². The number of aliphatic hydroxyl groups excluding tert-OH is 1. The van der Waals surface area contributed by atoms with Crippen LogP contribution in [0.15, 0.2) is 75.8 Å². The monoisotopic (exact) mass is 558 g/mol. The summed E-state index contributed by atoms with van der Waals surface area (Å²) in [7, 11) is 0. The number of ether oxygens (including phenoxy) is 2. The number of allylic oxidation sites excluding steroid dienone is 1. The highest BCUT2D eigenvalue weighted by atomic mass is 16.7. The molecule has 2 aromatic carbocycles. The molecule has 41 heavy (non-hydrogen) atoms. The summed E-state index contributed by atoms with van der Waals surface area (Å²) in [5.74, 6) is -0.320.